The normalized spacial score (nSPS) is 16.0. The Kier molecular flexibility index (Phi) is 16.1. The monoisotopic (exact) mass is 923 g/mol. The molecule has 0 aliphatic carbocycles. The van der Waals surface area contributed by atoms with Crippen molar-refractivity contribution >= 4 is 46.9 Å². The number of halogens is 1. The van der Waals surface area contributed by atoms with Crippen LogP contribution in [0, 0.1) is 5.82 Å². The molecule has 1 unspecified atom stereocenters. The molecule has 0 radical (unpaired) electrons. The minimum absolute atomic E-state index is 0.0670. The number of ketones is 1. The van der Waals surface area contributed by atoms with E-state index < -0.39 is 40.1 Å². The minimum atomic E-state index is -0.916. The molecule has 0 spiro atoms. The number of ether oxygens (including phenoxy) is 1. The Morgan fingerprint density at radius 1 is 0.773 bits per heavy atom. The number of anilines is 1. The van der Waals surface area contributed by atoms with Gasteiger partial charge in [-0.25, -0.2) is 9.18 Å². The average Bonchev–Trinajstić information content (AvgIpc) is 3.79. The molecule has 1 aliphatic rings. The fourth-order valence-electron chi connectivity index (χ4n) is 8.55. The highest BCUT2D eigenvalue weighted by molar-refractivity contribution is 8.01. The predicted octanol–water partition coefficient (Wildman–Crippen LogP) is 10.6. The van der Waals surface area contributed by atoms with E-state index in [4.69, 9.17) is 4.74 Å². The quantitative estimate of drug-likeness (QED) is 0.0358. The first-order valence-corrected chi connectivity index (χ1v) is 24.7. The molecule has 66 heavy (non-hydrogen) atoms. The smallest absolute Gasteiger partial charge is 0.330 e. The summed E-state index contributed by atoms with van der Waals surface area (Å²) in [5, 5.41) is 20.8. The summed E-state index contributed by atoms with van der Waals surface area (Å²) >= 11 is 3.43. The third kappa shape index (κ3) is 11.9. The first-order valence-electron chi connectivity index (χ1n) is 22.4. The molecule has 1 fully saturated rings. The molecule has 4 N–H and O–H groups in total. The van der Waals surface area contributed by atoms with Gasteiger partial charge in [0.2, 0.25) is 0 Å². The van der Waals surface area contributed by atoms with Gasteiger partial charge in [0.25, 0.3) is 5.91 Å². The maximum Gasteiger partial charge on any atom is 0.330 e. The van der Waals surface area contributed by atoms with E-state index in [2.05, 4.69) is 88.7 Å². The SMILES string of the molecule is CSCC[C@H](NC(=O)c1cc(NC(C(=O)OC(C)(C)C)[C@@H]2C[C@H](SC(c3ccccc3)(c3ccccc3)c3ccccc3)CN2)ccc1CCc1ccc(F)cc1)C(=O)c1ccccc1O. The summed E-state index contributed by atoms with van der Waals surface area (Å²) in [4.78, 5) is 42.8. The molecule has 1 amide bonds. The number of nitrogens with one attached hydrogen (secondary N) is 3. The molecule has 1 saturated heterocycles. The molecule has 4 atom stereocenters. The van der Waals surface area contributed by atoms with Crippen molar-refractivity contribution in [1.82, 2.24) is 10.6 Å². The van der Waals surface area contributed by atoms with Crippen molar-refractivity contribution in [3.8, 4) is 5.75 Å². The van der Waals surface area contributed by atoms with Crippen LogP contribution < -0.4 is 16.0 Å². The number of carbonyl (C=O) groups excluding carboxylic acids is 3. The zero-order chi connectivity index (χ0) is 46.7. The Hall–Kier alpha value is -5.88. The number of benzene rings is 6. The van der Waals surface area contributed by atoms with Crippen LogP contribution in [0.1, 0.15) is 82.1 Å². The molecular formula is C55H58FN3O5S2. The van der Waals surface area contributed by atoms with E-state index in [0.717, 1.165) is 22.3 Å². The van der Waals surface area contributed by atoms with E-state index >= 15 is 0 Å². The number of carbonyl (C=O) groups is 3. The van der Waals surface area contributed by atoms with Gasteiger partial charge >= 0.3 is 5.97 Å². The van der Waals surface area contributed by atoms with Gasteiger partial charge in [0.15, 0.2) is 5.78 Å². The van der Waals surface area contributed by atoms with Crippen LogP contribution in [-0.4, -0.2) is 70.3 Å². The van der Waals surface area contributed by atoms with Crippen molar-refractivity contribution < 1.29 is 28.6 Å². The number of aromatic hydroxyl groups is 1. The Morgan fingerprint density at radius 2 is 1.36 bits per heavy atom. The fourth-order valence-corrected chi connectivity index (χ4v) is 10.8. The number of phenolic OH excluding ortho intramolecular Hbond substituents is 1. The summed E-state index contributed by atoms with van der Waals surface area (Å²) in [5.41, 5.74) is 5.29. The van der Waals surface area contributed by atoms with E-state index in [1.165, 1.54) is 18.2 Å². The lowest BCUT2D eigenvalue weighted by molar-refractivity contribution is -0.156. The molecule has 1 aliphatic heterocycles. The van der Waals surface area contributed by atoms with Crippen LogP contribution in [0.2, 0.25) is 0 Å². The molecule has 342 valence electrons. The number of phenols is 1. The maximum absolute atomic E-state index is 14.5. The summed E-state index contributed by atoms with van der Waals surface area (Å²) in [6.07, 6.45) is 3.88. The second kappa shape index (κ2) is 22.1. The first kappa shape index (κ1) is 48.1. The molecule has 1 heterocycles. The summed E-state index contributed by atoms with van der Waals surface area (Å²) in [5.74, 6) is -1.18. The molecule has 0 aromatic heterocycles. The van der Waals surface area contributed by atoms with E-state index in [1.807, 2.05) is 69.1 Å². The number of hydrogen-bond donors (Lipinski definition) is 4. The van der Waals surface area contributed by atoms with Crippen molar-refractivity contribution in [2.24, 2.45) is 0 Å². The lowest BCUT2D eigenvalue weighted by atomic mass is 9.84. The Bertz CT molecular complexity index is 2460. The Morgan fingerprint density at radius 3 is 1.94 bits per heavy atom. The number of hydrogen-bond acceptors (Lipinski definition) is 9. The molecule has 8 nitrogen and oxygen atoms in total. The summed E-state index contributed by atoms with van der Waals surface area (Å²) in [7, 11) is 0. The number of para-hydroxylation sites is 1. The highest BCUT2D eigenvalue weighted by Crippen LogP contribution is 2.51. The van der Waals surface area contributed by atoms with Gasteiger partial charge in [-0.2, -0.15) is 11.8 Å². The maximum atomic E-state index is 14.5. The van der Waals surface area contributed by atoms with Crippen LogP contribution >= 0.6 is 23.5 Å². The fraction of sp³-hybridized carbons (Fsp3) is 0.291. The standard InChI is InChI=1S/C55H58FN3O5S2/c1-54(2,3)64-53(63)50(48-35-44(36-57-48)66-55(39-16-8-5-9-17-39,40-18-10-6-11-19-40)41-20-12-7-13-21-41)58-43-31-28-38(27-24-37-25-29-42(56)30-26-37)46(34-43)52(62)59-47(32-33-65-4)51(61)45-22-14-15-23-49(45)60/h5-23,25-26,28-31,34,44,47-48,50,57-58,60H,24,27,32-33,35-36H2,1-4H3,(H,59,62)/t44-,47-,48-,50?/m0/s1. The molecule has 11 heteroatoms. The number of amides is 1. The van der Waals surface area contributed by atoms with Gasteiger partial charge in [0, 0.05) is 29.1 Å². The van der Waals surface area contributed by atoms with Crippen molar-refractivity contribution in [3.05, 3.63) is 202 Å². The number of Topliss-reactive ketones (excluding diaryl/α,β-unsaturated/α-hetero) is 1. The molecule has 6 aromatic rings. The molecule has 0 bridgehead atoms. The second-order valence-electron chi connectivity index (χ2n) is 17.6. The van der Waals surface area contributed by atoms with Crippen LogP contribution in [-0.2, 0) is 27.1 Å². The zero-order valence-electron chi connectivity index (χ0n) is 37.8. The highest BCUT2D eigenvalue weighted by atomic mass is 32.2. The topological polar surface area (TPSA) is 117 Å². The van der Waals surface area contributed by atoms with Crippen LogP contribution in [0.15, 0.2) is 158 Å². The lowest BCUT2D eigenvalue weighted by Crippen LogP contribution is -2.48. The molecule has 0 saturated carbocycles. The van der Waals surface area contributed by atoms with Crippen molar-refractivity contribution in [2.45, 2.75) is 80.2 Å². The largest absolute Gasteiger partial charge is 0.507 e. The molecule has 7 rings (SSSR count). The van der Waals surface area contributed by atoms with Gasteiger partial charge in [-0.15, -0.1) is 11.8 Å². The van der Waals surface area contributed by atoms with E-state index in [0.29, 0.717) is 54.8 Å². The second-order valence-corrected chi connectivity index (χ2v) is 20.1. The Balaban J connectivity index is 1.21. The zero-order valence-corrected chi connectivity index (χ0v) is 39.5. The van der Waals surface area contributed by atoms with Crippen LogP contribution in [0.3, 0.4) is 0 Å². The number of esters is 1. The summed E-state index contributed by atoms with van der Waals surface area (Å²) in [6.45, 7) is 6.17. The van der Waals surface area contributed by atoms with Gasteiger partial charge in [-0.05, 0) is 123 Å². The highest BCUT2D eigenvalue weighted by Gasteiger charge is 2.44. The van der Waals surface area contributed by atoms with Crippen molar-refractivity contribution in [2.75, 3.05) is 23.9 Å². The van der Waals surface area contributed by atoms with Crippen LogP contribution in [0.25, 0.3) is 0 Å². The summed E-state index contributed by atoms with van der Waals surface area (Å²) in [6, 6.07) is 47.6. The van der Waals surface area contributed by atoms with Gasteiger partial charge in [-0.3, -0.25) is 9.59 Å². The van der Waals surface area contributed by atoms with Gasteiger partial charge < -0.3 is 25.8 Å². The van der Waals surface area contributed by atoms with E-state index in [9.17, 15) is 23.9 Å². The molecule has 6 aromatic carbocycles. The minimum Gasteiger partial charge on any atom is -0.507 e. The van der Waals surface area contributed by atoms with Gasteiger partial charge in [-0.1, -0.05) is 121 Å². The van der Waals surface area contributed by atoms with Crippen molar-refractivity contribution in [3.63, 3.8) is 0 Å². The Labute approximate surface area is 396 Å². The average molecular weight is 924 g/mol. The third-order valence-electron chi connectivity index (χ3n) is 11.7. The van der Waals surface area contributed by atoms with E-state index in [-0.39, 0.29) is 28.4 Å². The number of thioether (sulfide) groups is 2. The molecular weight excluding hydrogens is 866 g/mol. The number of rotatable bonds is 19. The van der Waals surface area contributed by atoms with Gasteiger partial charge in [0.1, 0.15) is 23.2 Å². The third-order valence-corrected chi connectivity index (χ3v) is 14.1. The van der Waals surface area contributed by atoms with E-state index in [1.54, 1.807) is 48.2 Å². The van der Waals surface area contributed by atoms with Crippen LogP contribution in [0.5, 0.6) is 5.75 Å². The number of aryl methyl sites for hydroxylation is 2. The first-order chi connectivity index (χ1) is 31.8. The van der Waals surface area contributed by atoms with Crippen molar-refractivity contribution in [1.29, 1.82) is 0 Å². The summed E-state index contributed by atoms with van der Waals surface area (Å²) < 4.78 is 19.3. The van der Waals surface area contributed by atoms with Gasteiger partial charge in [0.05, 0.1) is 16.4 Å². The van der Waals surface area contributed by atoms with Crippen LogP contribution in [0.4, 0.5) is 10.1 Å². The lowest BCUT2D eigenvalue weighted by Gasteiger charge is -2.37. The predicted molar refractivity (Wildman–Crippen MR) is 267 cm³/mol.